The summed E-state index contributed by atoms with van der Waals surface area (Å²) in [5.41, 5.74) is 0. The number of aromatic nitrogens is 3. The van der Waals surface area contributed by atoms with Crippen LogP contribution in [0.4, 0.5) is 0 Å². The number of ether oxygens (including phenoxy) is 1. The van der Waals surface area contributed by atoms with Gasteiger partial charge in [-0.3, -0.25) is 0 Å². The zero-order chi connectivity index (χ0) is 16.8. The second-order valence-electron chi connectivity index (χ2n) is 5.59. The van der Waals surface area contributed by atoms with Gasteiger partial charge in [-0.05, 0) is 0 Å². The van der Waals surface area contributed by atoms with E-state index in [2.05, 4.69) is 25.9 Å². The zero-order valence-electron chi connectivity index (χ0n) is 13.6. The van der Waals surface area contributed by atoms with Crippen LogP contribution in [0.1, 0.15) is 30.0 Å². The first-order valence-electron chi connectivity index (χ1n) is 8.01. The molecule has 24 heavy (non-hydrogen) atoms. The van der Waals surface area contributed by atoms with Crippen LogP contribution in [-0.4, -0.2) is 61.8 Å². The van der Waals surface area contributed by atoms with Crippen molar-refractivity contribution in [3.8, 4) is 11.9 Å². The fourth-order valence-electron chi connectivity index (χ4n) is 2.59. The zero-order valence-corrected chi connectivity index (χ0v) is 16.3. The van der Waals surface area contributed by atoms with Crippen molar-refractivity contribution in [3.63, 3.8) is 0 Å². The van der Waals surface area contributed by atoms with Crippen LogP contribution < -0.4 is 13.0 Å². The molecule has 0 N–H and O–H groups in total. The molecule has 2 aromatic rings. The Kier molecular flexibility index (Phi) is 6.19. The van der Waals surface area contributed by atoms with Crippen LogP contribution in [-0.2, 0) is 0 Å². The van der Waals surface area contributed by atoms with E-state index in [9.17, 15) is 0 Å². The van der Waals surface area contributed by atoms with E-state index in [0.29, 0.717) is 23.2 Å². The molecule has 6 nitrogen and oxygen atoms in total. The summed E-state index contributed by atoms with van der Waals surface area (Å²) in [6.45, 7) is 5.83. The molecule has 125 valence electrons. The van der Waals surface area contributed by atoms with E-state index in [1.54, 1.807) is 6.20 Å². The molecule has 0 aromatic carbocycles. The Labute approximate surface area is 152 Å². The summed E-state index contributed by atoms with van der Waals surface area (Å²) in [6.07, 6.45) is 5.55. The Bertz CT molecular complexity index is 723. The quantitative estimate of drug-likeness (QED) is 0.658. The molecular weight excluding hydrogens is 385 g/mol. The molecule has 0 bridgehead atoms. The van der Waals surface area contributed by atoms with E-state index in [4.69, 9.17) is 10.00 Å². The molecule has 8 heteroatoms. The van der Waals surface area contributed by atoms with Crippen LogP contribution in [0.5, 0.6) is 5.88 Å². The minimum absolute atomic E-state index is 0.342. The van der Waals surface area contributed by atoms with Crippen LogP contribution in [0.2, 0.25) is 0 Å². The van der Waals surface area contributed by atoms with Crippen LogP contribution >= 0.6 is 11.3 Å². The van der Waals surface area contributed by atoms with Crippen molar-refractivity contribution in [1.82, 2.24) is 19.9 Å². The summed E-state index contributed by atoms with van der Waals surface area (Å²) in [6, 6.07) is 4.04. The maximum absolute atomic E-state index is 8.89. The second kappa shape index (κ2) is 8.57. The molecule has 0 amide bonds. The van der Waals surface area contributed by atoms with Gasteiger partial charge in [0.1, 0.15) is 0 Å². The van der Waals surface area contributed by atoms with Crippen molar-refractivity contribution in [2.24, 2.45) is 0 Å². The molecule has 2 aromatic heterocycles. The van der Waals surface area contributed by atoms with Crippen molar-refractivity contribution >= 4 is 35.4 Å². The maximum atomic E-state index is 8.89. The van der Waals surface area contributed by atoms with Gasteiger partial charge < -0.3 is 0 Å². The van der Waals surface area contributed by atoms with E-state index in [1.807, 2.05) is 13.0 Å². The molecule has 1 radical (unpaired) electrons. The molecule has 0 atom stereocenters. The number of rotatable bonds is 6. The van der Waals surface area contributed by atoms with Crippen molar-refractivity contribution in [1.29, 1.82) is 5.26 Å². The third-order valence-corrected chi connectivity index (χ3v) is 7.08. The number of thiazole rings is 1. The Morgan fingerprint density at radius 3 is 2.92 bits per heavy atom. The number of hydrogen-bond acceptors (Lipinski definition) is 7. The number of aryl methyl sites for hydroxylation is 1. The number of piperidine rings is 1. The van der Waals surface area contributed by atoms with Crippen LogP contribution in [0.15, 0.2) is 12.3 Å². The van der Waals surface area contributed by atoms with Crippen LogP contribution in [0.3, 0.4) is 0 Å². The topological polar surface area (TPSA) is 74.9 Å². The Morgan fingerprint density at radius 1 is 1.33 bits per heavy atom. The van der Waals surface area contributed by atoms with Gasteiger partial charge in [-0.2, -0.15) is 0 Å². The first kappa shape index (κ1) is 17.3. The summed E-state index contributed by atoms with van der Waals surface area (Å²) in [5.74, 6) is 1.36. The van der Waals surface area contributed by atoms with Crippen LogP contribution in [0, 0.1) is 18.3 Å². The third-order valence-electron chi connectivity index (χ3n) is 3.72. The van der Waals surface area contributed by atoms with Crippen molar-refractivity contribution in [3.05, 3.63) is 23.0 Å². The summed E-state index contributed by atoms with van der Waals surface area (Å²) in [7, 11) is 0. The number of nitriles is 1. The molecule has 3 rings (SSSR count). The fourth-order valence-corrected chi connectivity index (χ4v) is 5.91. The van der Waals surface area contributed by atoms with Gasteiger partial charge in [0, 0.05) is 0 Å². The standard InChI is InChI=1S/C16H19AsN5OS/c1-12-20-14(17-16-19-11-13(10-18)24-16)9-15(21-12)23-8-7-22-5-3-2-4-6-22/h9,11H,2-8H2,1H3. The molecule has 0 aliphatic carbocycles. The Morgan fingerprint density at radius 2 is 2.17 bits per heavy atom. The van der Waals surface area contributed by atoms with Crippen molar-refractivity contribution < 1.29 is 4.74 Å². The van der Waals surface area contributed by atoms with E-state index in [1.165, 1.54) is 43.7 Å². The molecular formula is C16H19AsN5OS. The van der Waals surface area contributed by atoms with Gasteiger partial charge in [0.05, 0.1) is 0 Å². The average Bonchev–Trinajstić information content (AvgIpc) is 3.03. The fraction of sp³-hybridized carbons (Fsp3) is 0.500. The van der Waals surface area contributed by atoms with E-state index >= 15 is 0 Å². The van der Waals surface area contributed by atoms with Gasteiger partial charge in [0.25, 0.3) is 0 Å². The van der Waals surface area contributed by atoms with E-state index < -0.39 is 0 Å². The number of likely N-dealkylation sites (tertiary alicyclic amines) is 1. The third kappa shape index (κ3) is 5.01. The van der Waals surface area contributed by atoms with E-state index in [0.717, 1.165) is 14.8 Å². The molecule has 1 aliphatic heterocycles. The predicted octanol–water partition coefficient (Wildman–Crippen LogP) is 0.633. The second-order valence-corrected chi connectivity index (χ2v) is 9.60. The van der Waals surface area contributed by atoms with Crippen molar-refractivity contribution in [2.75, 3.05) is 26.2 Å². The van der Waals surface area contributed by atoms with Gasteiger partial charge in [-0.1, -0.05) is 0 Å². The summed E-state index contributed by atoms with van der Waals surface area (Å²) >= 11 is 1.10. The molecule has 1 fully saturated rings. The van der Waals surface area contributed by atoms with Gasteiger partial charge >= 0.3 is 153 Å². The summed E-state index contributed by atoms with van der Waals surface area (Å²) in [5, 5.41) is 8.89. The predicted molar refractivity (Wildman–Crippen MR) is 94.4 cm³/mol. The van der Waals surface area contributed by atoms with Gasteiger partial charge in [0.2, 0.25) is 0 Å². The van der Waals surface area contributed by atoms with Gasteiger partial charge in [-0.15, -0.1) is 0 Å². The van der Waals surface area contributed by atoms with Crippen LogP contribution in [0.25, 0.3) is 0 Å². The minimum atomic E-state index is -0.342. The average molecular weight is 404 g/mol. The molecule has 1 aliphatic rings. The number of hydrogen-bond donors (Lipinski definition) is 0. The molecule has 3 heterocycles. The van der Waals surface area contributed by atoms with Crippen molar-refractivity contribution in [2.45, 2.75) is 26.2 Å². The summed E-state index contributed by atoms with van der Waals surface area (Å²) < 4.78 is 7.78. The monoisotopic (exact) mass is 404 g/mol. The SMILES string of the molecule is Cc1nc(OCCN2CCCCC2)cc([As]c2ncc(C#N)s2)n1. The normalized spacial score (nSPS) is 15.7. The van der Waals surface area contributed by atoms with Gasteiger partial charge in [0.15, 0.2) is 0 Å². The van der Waals surface area contributed by atoms with E-state index in [-0.39, 0.29) is 15.8 Å². The Hall–Kier alpha value is -1.48. The molecule has 0 unspecified atom stereocenters. The molecule has 0 spiro atoms. The Balaban J connectivity index is 1.57. The number of nitrogens with zero attached hydrogens (tertiary/aromatic N) is 5. The summed E-state index contributed by atoms with van der Waals surface area (Å²) in [4.78, 5) is 16.2. The molecule has 0 saturated carbocycles. The van der Waals surface area contributed by atoms with Gasteiger partial charge in [-0.25, -0.2) is 0 Å². The molecule has 1 saturated heterocycles. The first-order chi connectivity index (χ1) is 11.7. The first-order valence-corrected chi connectivity index (χ1v) is 10.7.